The van der Waals surface area contributed by atoms with E-state index in [2.05, 4.69) is 26.6 Å². The van der Waals surface area contributed by atoms with Gasteiger partial charge in [-0.05, 0) is 84.5 Å². The van der Waals surface area contributed by atoms with E-state index in [9.17, 15) is 63.3 Å². The van der Waals surface area contributed by atoms with Crippen molar-refractivity contribution < 1.29 is 73.1 Å². The number of carboxylic acids is 4. The van der Waals surface area contributed by atoms with Gasteiger partial charge in [0, 0.05) is 60.1 Å². The predicted molar refractivity (Wildman–Crippen MR) is 217 cm³/mol. The SMILES string of the molecule is O=CO[C@H](CCCCNC(=O)[C@H](Cc1ccccc1)NC(=O)[C@H](CCC(=O)O)CC(=O)[C@H](CCC(=O)O)NC(=O)c1ccc(I)cc1)NC(=O)N[C@@H](CCC(=O)O)C(=O)O. The number of aliphatic carboxylic acids is 4. The van der Waals surface area contributed by atoms with Crippen molar-refractivity contribution in [1.82, 2.24) is 26.6 Å². The third-order valence-corrected chi connectivity index (χ3v) is 9.56. The molecule has 0 aliphatic rings. The van der Waals surface area contributed by atoms with Crippen LogP contribution in [0, 0.1) is 9.49 Å². The highest BCUT2D eigenvalue weighted by Gasteiger charge is 2.31. The van der Waals surface area contributed by atoms with Crippen molar-refractivity contribution in [2.24, 2.45) is 5.92 Å². The zero-order valence-corrected chi connectivity index (χ0v) is 34.5. The van der Waals surface area contributed by atoms with Gasteiger partial charge in [0.15, 0.2) is 12.0 Å². The van der Waals surface area contributed by atoms with Crippen molar-refractivity contribution in [2.75, 3.05) is 6.54 Å². The number of hydrogen-bond donors (Lipinski definition) is 9. The molecule has 326 valence electrons. The summed E-state index contributed by atoms with van der Waals surface area (Å²) in [5, 5.41) is 49.0. The first-order valence-corrected chi connectivity index (χ1v) is 19.8. The zero-order valence-electron chi connectivity index (χ0n) is 32.3. The van der Waals surface area contributed by atoms with Gasteiger partial charge in [-0.1, -0.05) is 30.3 Å². The molecule has 0 radical (unpaired) electrons. The number of halogens is 1. The molecule has 0 fully saturated rings. The summed E-state index contributed by atoms with van der Waals surface area (Å²) in [7, 11) is 0. The number of benzene rings is 2. The third-order valence-electron chi connectivity index (χ3n) is 8.84. The summed E-state index contributed by atoms with van der Waals surface area (Å²) in [5.74, 6) is -9.35. The largest absolute Gasteiger partial charge is 0.481 e. The van der Waals surface area contributed by atoms with Crippen LogP contribution in [0.25, 0.3) is 0 Å². The Morgan fingerprint density at radius 3 is 1.83 bits per heavy atom. The highest BCUT2D eigenvalue weighted by atomic mass is 127. The summed E-state index contributed by atoms with van der Waals surface area (Å²) in [4.78, 5) is 122. The Hall–Kier alpha value is -6.13. The fourth-order valence-corrected chi connectivity index (χ4v) is 6.04. The second-order valence-corrected chi connectivity index (χ2v) is 14.7. The molecule has 0 aliphatic carbocycles. The van der Waals surface area contributed by atoms with Gasteiger partial charge >= 0.3 is 29.9 Å². The van der Waals surface area contributed by atoms with Gasteiger partial charge in [-0.2, -0.15) is 0 Å². The number of Topliss-reactive ketones (excluding diaryl/α,β-unsaturated/α-hetero) is 1. The summed E-state index contributed by atoms with van der Waals surface area (Å²) in [6.07, 6.45) is -3.82. The summed E-state index contributed by atoms with van der Waals surface area (Å²) in [5.41, 5.74) is 0.850. The van der Waals surface area contributed by atoms with Gasteiger partial charge in [0.1, 0.15) is 12.1 Å². The highest BCUT2D eigenvalue weighted by Crippen LogP contribution is 2.18. The second-order valence-electron chi connectivity index (χ2n) is 13.5. The van der Waals surface area contributed by atoms with Crippen molar-refractivity contribution in [3.63, 3.8) is 0 Å². The maximum Gasteiger partial charge on any atom is 0.326 e. The fourth-order valence-electron chi connectivity index (χ4n) is 5.68. The maximum atomic E-state index is 13.8. The molecule has 0 spiro atoms. The monoisotopic (exact) mass is 953 g/mol. The molecule has 0 aromatic heterocycles. The highest BCUT2D eigenvalue weighted by molar-refractivity contribution is 14.1. The van der Waals surface area contributed by atoms with Crippen LogP contribution in [0.1, 0.15) is 80.1 Å². The number of carboxylic acid groups (broad SMARTS) is 4. The van der Waals surface area contributed by atoms with Gasteiger partial charge < -0.3 is 51.7 Å². The normalized spacial score (nSPS) is 13.2. The molecule has 0 heterocycles. The minimum absolute atomic E-state index is 0.0105. The van der Waals surface area contributed by atoms with E-state index in [1.54, 1.807) is 42.5 Å². The summed E-state index contributed by atoms with van der Waals surface area (Å²) in [6.45, 7) is 0.0974. The molecule has 0 aliphatic heterocycles. The van der Waals surface area contributed by atoms with Crippen LogP contribution in [-0.2, 0) is 49.5 Å². The molecular weight excluding hydrogens is 905 g/mol. The number of amides is 5. The molecule has 2 aromatic rings. The molecule has 0 bridgehead atoms. The molecule has 2 aromatic carbocycles. The first-order chi connectivity index (χ1) is 28.5. The molecule has 21 heteroatoms. The topological polar surface area (TPSA) is 321 Å². The summed E-state index contributed by atoms with van der Waals surface area (Å²) >= 11 is 2.04. The average molecular weight is 954 g/mol. The Morgan fingerprint density at radius 2 is 1.25 bits per heavy atom. The summed E-state index contributed by atoms with van der Waals surface area (Å²) in [6, 6.07) is 9.85. The van der Waals surface area contributed by atoms with Crippen LogP contribution in [0.15, 0.2) is 54.6 Å². The number of carbonyl (C=O) groups excluding carboxylic acids is 6. The Bertz CT molecular complexity index is 1810. The van der Waals surface area contributed by atoms with Gasteiger partial charge in [-0.25, -0.2) is 9.59 Å². The van der Waals surface area contributed by atoms with Crippen LogP contribution in [0.5, 0.6) is 0 Å². The van der Waals surface area contributed by atoms with Crippen molar-refractivity contribution in [2.45, 2.75) is 95.0 Å². The number of nitrogens with one attached hydrogen (secondary N) is 5. The Kier molecular flexibility index (Phi) is 22.3. The van der Waals surface area contributed by atoms with Gasteiger partial charge in [0.2, 0.25) is 11.8 Å². The number of unbranched alkanes of at least 4 members (excludes halogenated alkanes) is 1. The van der Waals surface area contributed by atoms with E-state index in [4.69, 9.17) is 9.84 Å². The Morgan fingerprint density at radius 1 is 0.650 bits per heavy atom. The predicted octanol–water partition coefficient (Wildman–Crippen LogP) is 1.82. The van der Waals surface area contributed by atoms with E-state index in [0.717, 1.165) is 3.57 Å². The van der Waals surface area contributed by atoms with E-state index in [1.165, 1.54) is 12.1 Å². The Balaban J connectivity index is 2.14. The first kappa shape index (κ1) is 50.0. The van der Waals surface area contributed by atoms with Gasteiger partial charge in [-0.15, -0.1) is 0 Å². The van der Waals surface area contributed by atoms with Crippen molar-refractivity contribution in [3.8, 4) is 0 Å². The van der Waals surface area contributed by atoms with Gasteiger partial charge in [-0.3, -0.25) is 38.4 Å². The van der Waals surface area contributed by atoms with Crippen LogP contribution in [0.2, 0.25) is 0 Å². The lowest BCUT2D eigenvalue weighted by Crippen LogP contribution is -2.50. The van der Waals surface area contributed by atoms with Gasteiger partial charge in [0.25, 0.3) is 12.4 Å². The minimum atomic E-state index is -1.52. The molecule has 60 heavy (non-hydrogen) atoms. The van der Waals surface area contributed by atoms with Crippen molar-refractivity contribution in [1.29, 1.82) is 0 Å². The minimum Gasteiger partial charge on any atom is -0.481 e. The number of ether oxygens (including phenoxy) is 1. The van der Waals surface area contributed by atoms with E-state index in [1.807, 2.05) is 22.6 Å². The molecule has 9 N–H and O–H groups in total. The molecular formula is C39H48IN5O15. The molecule has 2 rings (SSSR count). The standard InChI is InChI=1S/C39H48IN5O15/c40-26-12-9-24(10-13-26)35(54)42-27(14-17-33(50)51)30(47)21-25(11-16-32(48)49)36(55)43-29(20-23-6-2-1-3-7-23)37(56)41-19-5-4-8-31(60-22-46)45-39(59)44-28(38(57)58)15-18-34(52)53/h1-3,6-7,9-10,12-13,22,25,27-29,31H,4-5,8,11,14-21H2,(H,41,56)(H,42,54)(H,43,55)(H,48,49)(H,50,51)(H,52,53)(H,57,58)(H2,44,45,59)/t25-,27+,28+,29+,31-/m1/s1. The van der Waals surface area contributed by atoms with E-state index in [0.29, 0.717) is 5.56 Å². The van der Waals surface area contributed by atoms with Gasteiger partial charge in [0.05, 0.1) is 6.04 Å². The third kappa shape index (κ3) is 20.0. The molecule has 0 saturated carbocycles. The quantitative estimate of drug-likeness (QED) is 0.0243. The average Bonchev–Trinajstić information content (AvgIpc) is 3.19. The fraction of sp³-hybridized carbons (Fsp3) is 0.436. The number of carbonyl (C=O) groups is 10. The van der Waals surface area contributed by atoms with E-state index < -0.39 is 116 Å². The van der Waals surface area contributed by atoms with Crippen LogP contribution in [0.3, 0.4) is 0 Å². The van der Waals surface area contributed by atoms with Crippen LogP contribution >= 0.6 is 22.6 Å². The number of urea groups is 1. The maximum absolute atomic E-state index is 13.8. The molecule has 20 nitrogen and oxygen atoms in total. The van der Waals surface area contributed by atoms with Crippen LogP contribution in [-0.4, -0.2) is 111 Å². The summed E-state index contributed by atoms with van der Waals surface area (Å²) < 4.78 is 5.70. The molecule has 5 atom stereocenters. The van der Waals surface area contributed by atoms with E-state index in [-0.39, 0.29) is 57.1 Å². The Labute approximate surface area is 357 Å². The van der Waals surface area contributed by atoms with E-state index >= 15 is 0 Å². The van der Waals surface area contributed by atoms with Crippen LogP contribution < -0.4 is 26.6 Å². The molecule has 5 amide bonds. The lowest BCUT2D eigenvalue weighted by Gasteiger charge is -2.24. The van der Waals surface area contributed by atoms with Crippen molar-refractivity contribution >= 4 is 82.5 Å². The smallest absolute Gasteiger partial charge is 0.326 e. The zero-order chi connectivity index (χ0) is 44.6. The number of hydrogen-bond acceptors (Lipinski definition) is 11. The molecule has 0 saturated heterocycles. The number of rotatable bonds is 29. The van der Waals surface area contributed by atoms with Crippen LogP contribution in [0.4, 0.5) is 4.79 Å². The second kappa shape index (κ2) is 26.8. The van der Waals surface area contributed by atoms with Crippen molar-refractivity contribution in [3.05, 3.63) is 69.3 Å². The lowest BCUT2D eigenvalue weighted by molar-refractivity contribution is -0.141. The number of ketones is 1. The first-order valence-electron chi connectivity index (χ1n) is 18.7. The lowest BCUT2D eigenvalue weighted by atomic mass is 9.91. The molecule has 0 unspecified atom stereocenters.